The molecule has 0 bridgehead atoms. The second kappa shape index (κ2) is 4.41. The van der Waals surface area contributed by atoms with E-state index in [1.54, 1.807) is 31.5 Å². The number of aryl methyl sites for hydroxylation is 1. The predicted octanol–water partition coefficient (Wildman–Crippen LogP) is 2.79. The lowest BCUT2D eigenvalue weighted by molar-refractivity contribution is 0.100. The molecule has 0 fully saturated rings. The van der Waals surface area contributed by atoms with Crippen molar-refractivity contribution in [2.45, 2.75) is 13.8 Å². The molecule has 1 aromatic carbocycles. The average molecular weight is 230 g/mol. The van der Waals surface area contributed by atoms with E-state index in [1.165, 1.54) is 13.0 Å². The molecule has 1 heterocycles. The molecule has 0 saturated heterocycles. The first-order chi connectivity index (χ1) is 8.08. The summed E-state index contributed by atoms with van der Waals surface area (Å²) in [6.45, 7) is 3.11. The summed E-state index contributed by atoms with van der Waals surface area (Å²) in [5.74, 6) is -0.227. The monoisotopic (exact) mass is 230 g/mol. The Bertz CT molecular complexity index is 564. The van der Waals surface area contributed by atoms with Crippen molar-refractivity contribution in [3.8, 4) is 11.1 Å². The molecule has 4 heteroatoms. The van der Waals surface area contributed by atoms with E-state index < -0.39 is 0 Å². The molecule has 0 spiro atoms. The lowest BCUT2D eigenvalue weighted by atomic mass is 10.1. The van der Waals surface area contributed by atoms with Gasteiger partial charge in [0.05, 0.1) is 0 Å². The first-order valence-corrected chi connectivity index (χ1v) is 5.17. The quantitative estimate of drug-likeness (QED) is 0.745. The van der Waals surface area contributed by atoms with Crippen LogP contribution in [-0.4, -0.2) is 15.8 Å². The van der Waals surface area contributed by atoms with Crippen LogP contribution in [0.3, 0.4) is 0 Å². The van der Waals surface area contributed by atoms with Crippen molar-refractivity contribution in [3.63, 3.8) is 0 Å². The number of carbonyl (C=O) groups excluding carboxylic acids is 1. The van der Waals surface area contributed by atoms with Gasteiger partial charge in [-0.2, -0.15) is 0 Å². The van der Waals surface area contributed by atoms with Crippen molar-refractivity contribution in [3.05, 3.63) is 47.8 Å². The van der Waals surface area contributed by atoms with Gasteiger partial charge in [0.1, 0.15) is 5.82 Å². The predicted molar refractivity (Wildman–Crippen MR) is 62.2 cm³/mol. The Morgan fingerprint density at radius 1 is 1.18 bits per heavy atom. The van der Waals surface area contributed by atoms with E-state index in [1.807, 2.05) is 0 Å². The van der Waals surface area contributed by atoms with Gasteiger partial charge < -0.3 is 0 Å². The normalized spacial score (nSPS) is 10.3. The zero-order valence-electron chi connectivity index (χ0n) is 9.57. The molecular weight excluding hydrogens is 219 g/mol. The van der Waals surface area contributed by atoms with Crippen LogP contribution in [0.25, 0.3) is 11.1 Å². The maximum Gasteiger partial charge on any atom is 0.196 e. The molecule has 1 aromatic heterocycles. The number of nitrogens with zero attached hydrogens (tertiary/aromatic N) is 2. The molecular formula is C13H11FN2O. The number of hydrogen-bond acceptors (Lipinski definition) is 3. The number of Topliss-reactive ketones (excluding diaryl/α,β-unsaturated/α-hetero) is 1. The molecule has 86 valence electrons. The van der Waals surface area contributed by atoms with E-state index in [0.29, 0.717) is 5.56 Å². The van der Waals surface area contributed by atoms with E-state index in [9.17, 15) is 9.18 Å². The first-order valence-electron chi connectivity index (χ1n) is 5.17. The van der Waals surface area contributed by atoms with E-state index in [2.05, 4.69) is 9.97 Å². The second-order valence-corrected chi connectivity index (χ2v) is 3.82. The Hall–Kier alpha value is -2.10. The summed E-state index contributed by atoms with van der Waals surface area (Å²) < 4.78 is 13.1. The number of rotatable bonds is 2. The molecule has 0 aliphatic rings. The van der Waals surface area contributed by atoms with Crippen LogP contribution in [0, 0.1) is 12.7 Å². The van der Waals surface area contributed by atoms with Gasteiger partial charge in [-0.05, 0) is 30.2 Å². The second-order valence-electron chi connectivity index (χ2n) is 3.82. The molecule has 0 saturated carbocycles. The zero-order valence-corrected chi connectivity index (χ0v) is 9.57. The van der Waals surface area contributed by atoms with Gasteiger partial charge in [-0.3, -0.25) is 4.79 Å². The highest BCUT2D eigenvalue weighted by atomic mass is 19.1. The molecule has 0 atom stereocenters. The van der Waals surface area contributed by atoms with Gasteiger partial charge in [0.25, 0.3) is 0 Å². The fourth-order valence-corrected chi connectivity index (χ4v) is 1.48. The SMILES string of the molecule is CC(=O)c1ncc(-c2ccc(F)c(C)c2)cn1. The minimum Gasteiger partial charge on any atom is -0.291 e. The Labute approximate surface area is 98.3 Å². The summed E-state index contributed by atoms with van der Waals surface area (Å²) in [5, 5.41) is 0. The van der Waals surface area contributed by atoms with Crippen molar-refractivity contribution in [1.82, 2.24) is 9.97 Å². The largest absolute Gasteiger partial charge is 0.291 e. The summed E-state index contributed by atoms with van der Waals surface area (Å²) in [6.07, 6.45) is 3.13. The fourth-order valence-electron chi connectivity index (χ4n) is 1.48. The highest BCUT2D eigenvalue weighted by Gasteiger charge is 2.05. The molecule has 0 unspecified atom stereocenters. The molecule has 2 rings (SSSR count). The van der Waals surface area contributed by atoms with Crippen molar-refractivity contribution in [1.29, 1.82) is 0 Å². The Morgan fingerprint density at radius 3 is 2.35 bits per heavy atom. The fraction of sp³-hybridized carbons (Fsp3) is 0.154. The maximum atomic E-state index is 13.1. The number of aromatic nitrogens is 2. The van der Waals surface area contributed by atoms with Crippen molar-refractivity contribution in [2.24, 2.45) is 0 Å². The molecule has 0 N–H and O–H groups in total. The van der Waals surface area contributed by atoms with Crippen LogP contribution in [-0.2, 0) is 0 Å². The third-order valence-electron chi connectivity index (χ3n) is 2.46. The van der Waals surface area contributed by atoms with Crippen LogP contribution in [0.15, 0.2) is 30.6 Å². The molecule has 0 aliphatic heterocycles. The smallest absolute Gasteiger partial charge is 0.196 e. The topological polar surface area (TPSA) is 42.9 Å². The minimum atomic E-state index is -0.241. The van der Waals surface area contributed by atoms with Crippen molar-refractivity contribution < 1.29 is 9.18 Å². The standard InChI is InChI=1S/C13H11FN2O/c1-8-5-10(3-4-12(8)14)11-6-15-13(9(2)17)16-7-11/h3-7H,1-2H3. The lowest BCUT2D eigenvalue weighted by Gasteiger charge is -2.03. The number of ketones is 1. The molecule has 2 aromatic rings. The van der Waals surface area contributed by atoms with Crippen LogP contribution in [0.5, 0.6) is 0 Å². The van der Waals surface area contributed by atoms with E-state index in [-0.39, 0.29) is 17.4 Å². The molecule has 3 nitrogen and oxygen atoms in total. The molecule has 0 radical (unpaired) electrons. The van der Waals surface area contributed by atoms with Gasteiger partial charge in [-0.1, -0.05) is 6.07 Å². The van der Waals surface area contributed by atoms with Gasteiger partial charge in [0.15, 0.2) is 11.6 Å². The number of benzene rings is 1. The van der Waals surface area contributed by atoms with Crippen LogP contribution in [0.2, 0.25) is 0 Å². The van der Waals surface area contributed by atoms with Gasteiger partial charge in [-0.15, -0.1) is 0 Å². The van der Waals surface area contributed by atoms with Crippen LogP contribution in [0.4, 0.5) is 4.39 Å². The van der Waals surface area contributed by atoms with Crippen molar-refractivity contribution >= 4 is 5.78 Å². The molecule has 0 aliphatic carbocycles. The highest BCUT2D eigenvalue weighted by Crippen LogP contribution is 2.20. The van der Waals surface area contributed by atoms with Gasteiger partial charge in [0, 0.05) is 24.9 Å². The first kappa shape index (κ1) is 11.4. The van der Waals surface area contributed by atoms with Crippen molar-refractivity contribution in [2.75, 3.05) is 0 Å². The van der Waals surface area contributed by atoms with Gasteiger partial charge in [0.2, 0.25) is 0 Å². The van der Waals surface area contributed by atoms with E-state index in [0.717, 1.165) is 11.1 Å². The lowest BCUT2D eigenvalue weighted by Crippen LogP contribution is -2.00. The highest BCUT2D eigenvalue weighted by molar-refractivity contribution is 5.90. The van der Waals surface area contributed by atoms with Crippen LogP contribution < -0.4 is 0 Å². The number of halogens is 1. The van der Waals surface area contributed by atoms with Gasteiger partial charge >= 0.3 is 0 Å². The summed E-state index contributed by atoms with van der Waals surface area (Å²) >= 11 is 0. The van der Waals surface area contributed by atoms with E-state index >= 15 is 0 Å². The summed E-state index contributed by atoms with van der Waals surface area (Å²) in [6, 6.07) is 4.79. The molecule has 17 heavy (non-hydrogen) atoms. The summed E-state index contributed by atoms with van der Waals surface area (Å²) in [7, 11) is 0. The third-order valence-corrected chi connectivity index (χ3v) is 2.46. The molecule has 0 amide bonds. The maximum absolute atomic E-state index is 13.1. The van der Waals surface area contributed by atoms with Crippen LogP contribution >= 0.6 is 0 Å². The Kier molecular flexibility index (Phi) is 2.95. The third kappa shape index (κ3) is 2.36. The average Bonchev–Trinajstić information content (AvgIpc) is 2.33. The number of carbonyl (C=O) groups is 1. The zero-order chi connectivity index (χ0) is 12.4. The van der Waals surface area contributed by atoms with Gasteiger partial charge in [-0.25, -0.2) is 14.4 Å². The number of hydrogen-bond donors (Lipinski definition) is 0. The summed E-state index contributed by atoms with van der Waals surface area (Å²) in [4.78, 5) is 18.9. The Balaban J connectivity index is 2.39. The Morgan fingerprint density at radius 2 is 1.82 bits per heavy atom. The van der Waals surface area contributed by atoms with E-state index in [4.69, 9.17) is 0 Å². The van der Waals surface area contributed by atoms with Crippen LogP contribution in [0.1, 0.15) is 23.1 Å². The summed E-state index contributed by atoms with van der Waals surface area (Å²) in [5.41, 5.74) is 2.16. The minimum absolute atomic E-state index is 0.174.